The average molecular weight is 300 g/mol. The largest absolute Gasteiger partial charge is 0.492 e. The summed E-state index contributed by atoms with van der Waals surface area (Å²) in [7, 11) is 0. The Kier molecular flexibility index (Phi) is 5.88. The molecule has 2 rings (SSSR count). The summed E-state index contributed by atoms with van der Waals surface area (Å²) in [5.74, 6) is 1.97. The van der Waals surface area contributed by atoms with Gasteiger partial charge in [-0.05, 0) is 37.1 Å². The summed E-state index contributed by atoms with van der Waals surface area (Å²) >= 11 is 1.74. The molecule has 0 aromatic heterocycles. The summed E-state index contributed by atoms with van der Waals surface area (Å²) in [6.45, 7) is 4.39. The van der Waals surface area contributed by atoms with E-state index in [0.29, 0.717) is 6.61 Å². The van der Waals surface area contributed by atoms with Crippen LogP contribution in [0.4, 0.5) is 0 Å². The highest BCUT2D eigenvalue weighted by Crippen LogP contribution is 2.21. The molecule has 2 aromatic carbocycles. The van der Waals surface area contributed by atoms with Crippen molar-refractivity contribution in [3.8, 4) is 5.75 Å². The highest BCUT2D eigenvalue weighted by molar-refractivity contribution is 7.99. The SMILES string of the molecule is CCc1ccccc1OCCSc1ccc(C(C)=O)cc1. The first-order valence-electron chi connectivity index (χ1n) is 7.15. The predicted molar refractivity (Wildman–Crippen MR) is 88.5 cm³/mol. The molecule has 2 aromatic rings. The molecule has 3 heteroatoms. The molecule has 0 bridgehead atoms. The molecular formula is C18H20O2S. The Morgan fingerprint density at radius 1 is 1.10 bits per heavy atom. The Morgan fingerprint density at radius 2 is 1.81 bits per heavy atom. The van der Waals surface area contributed by atoms with Crippen LogP contribution in [0.2, 0.25) is 0 Å². The summed E-state index contributed by atoms with van der Waals surface area (Å²) in [6, 6.07) is 15.9. The Morgan fingerprint density at radius 3 is 2.48 bits per heavy atom. The molecule has 0 spiro atoms. The number of Topliss-reactive ketones (excluding diaryl/α,β-unsaturated/α-hetero) is 1. The van der Waals surface area contributed by atoms with Crippen LogP contribution in [0.25, 0.3) is 0 Å². The van der Waals surface area contributed by atoms with E-state index in [1.165, 1.54) is 5.56 Å². The zero-order valence-electron chi connectivity index (χ0n) is 12.5. The van der Waals surface area contributed by atoms with Gasteiger partial charge in [-0.1, -0.05) is 37.3 Å². The standard InChI is InChI=1S/C18H20O2S/c1-3-15-6-4-5-7-18(15)20-12-13-21-17-10-8-16(9-11-17)14(2)19/h4-11H,3,12-13H2,1-2H3. The molecule has 0 aliphatic heterocycles. The maximum absolute atomic E-state index is 11.2. The van der Waals surface area contributed by atoms with Gasteiger partial charge in [0, 0.05) is 16.2 Å². The van der Waals surface area contributed by atoms with Gasteiger partial charge in [0.2, 0.25) is 0 Å². The molecule has 0 aliphatic rings. The lowest BCUT2D eigenvalue weighted by atomic mass is 10.1. The fraction of sp³-hybridized carbons (Fsp3) is 0.278. The van der Waals surface area contributed by atoms with E-state index in [1.807, 2.05) is 42.5 Å². The molecule has 2 nitrogen and oxygen atoms in total. The number of benzene rings is 2. The number of carbonyl (C=O) groups excluding carboxylic acids is 1. The number of carbonyl (C=O) groups is 1. The summed E-state index contributed by atoms with van der Waals surface area (Å²) in [4.78, 5) is 12.4. The number of ether oxygens (including phenoxy) is 1. The molecular weight excluding hydrogens is 280 g/mol. The van der Waals surface area contributed by atoms with Crippen molar-refractivity contribution in [1.29, 1.82) is 0 Å². The third-order valence-corrected chi connectivity index (χ3v) is 4.20. The van der Waals surface area contributed by atoms with Crippen LogP contribution >= 0.6 is 11.8 Å². The minimum absolute atomic E-state index is 0.103. The summed E-state index contributed by atoms with van der Waals surface area (Å²) < 4.78 is 5.84. The predicted octanol–water partition coefficient (Wildman–Crippen LogP) is 4.62. The highest BCUT2D eigenvalue weighted by Gasteiger charge is 2.02. The van der Waals surface area contributed by atoms with Crippen molar-refractivity contribution in [1.82, 2.24) is 0 Å². The zero-order chi connectivity index (χ0) is 15.1. The van der Waals surface area contributed by atoms with Crippen LogP contribution in [0.15, 0.2) is 53.4 Å². The smallest absolute Gasteiger partial charge is 0.159 e. The summed E-state index contributed by atoms with van der Waals surface area (Å²) in [5, 5.41) is 0. The fourth-order valence-electron chi connectivity index (χ4n) is 2.03. The number of hydrogen-bond donors (Lipinski definition) is 0. The lowest BCUT2D eigenvalue weighted by molar-refractivity contribution is 0.101. The highest BCUT2D eigenvalue weighted by atomic mass is 32.2. The Bertz CT molecular complexity index is 590. The Balaban J connectivity index is 1.80. The fourth-order valence-corrected chi connectivity index (χ4v) is 2.76. The molecule has 0 fully saturated rings. The second-order valence-corrected chi connectivity index (χ2v) is 5.91. The normalized spacial score (nSPS) is 10.4. The van der Waals surface area contributed by atoms with Crippen LogP contribution in [0.3, 0.4) is 0 Å². The minimum atomic E-state index is 0.103. The van der Waals surface area contributed by atoms with Crippen molar-refractivity contribution < 1.29 is 9.53 Å². The maximum atomic E-state index is 11.2. The molecule has 0 heterocycles. The minimum Gasteiger partial charge on any atom is -0.492 e. The summed E-state index contributed by atoms with van der Waals surface area (Å²) in [6.07, 6.45) is 0.982. The Labute approximate surface area is 130 Å². The van der Waals surface area contributed by atoms with Gasteiger partial charge in [0.05, 0.1) is 6.61 Å². The average Bonchev–Trinajstić information content (AvgIpc) is 2.52. The van der Waals surface area contributed by atoms with Crippen LogP contribution in [-0.4, -0.2) is 18.1 Å². The molecule has 21 heavy (non-hydrogen) atoms. The monoisotopic (exact) mass is 300 g/mol. The van der Waals surface area contributed by atoms with Gasteiger partial charge in [-0.15, -0.1) is 11.8 Å². The number of para-hydroxylation sites is 1. The van der Waals surface area contributed by atoms with Crippen molar-refractivity contribution in [3.05, 3.63) is 59.7 Å². The van der Waals surface area contributed by atoms with E-state index in [-0.39, 0.29) is 5.78 Å². The van der Waals surface area contributed by atoms with Gasteiger partial charge >= 0.3 is 0 Å². The lowest BCUT2D eigenvalue weighted by Crippen LogP contribution is -2.02. The van der Waals surface area contributed by atoms with E-state index in [4.69, 9.17) is 4.74 Å². The van der Waals surface area contributed by atoms with Crippen LogP contribution in [-0.2, 0) is 6.42 Å². The Hall–Kier alpha value is -1.74. The van der Waals surface area contributed by atoms with Crippen LogP contribution in [0, 0.1) is 0 Å². The van der Waals surface area contributed by atoms with Crippen molar-refractivity contribution >= 4 is 17.5 Å². The van der Waals surface area contributed by atoms with Gasteiger partial charge in [-0.25, -0.2) is 0 Å². The van der Waals surface area contributed by atoms with Crippen molar-refractivity contribution in [2.24, 2.45) is 0 Å². The van der Waals surface area contributed by atoms with E-state index >= 15 is 0 Å². The van der Waals surface area contributed by atoms with E-state index in [1.54, 1.807) is 18.7 Å². The topological polar surface area (TPSA) is 26.3 Å². The lowest BCUT2D eigenvalue weighted by Gasteiger charge is -2.10. The van der Waals surface area contributed by atoms with Gasteiger partial charge in [-0.2, -0.15) is 0 Å². The first-order chi connectivity index (χ1) is 10.2. The molecule has 110 valence electrons. The van der Waals surface area contributed by atoms with Gasteiger partial charge in [0.15, 0.2) is 5.78 Å². The van der Waals surface area contributed by atoms with Crippen LogP contribution < -0.4 is 4.74 Å². The van der Waals surface area contributed by atoms with E-state index in [0.717, 1.165) is 28.4 Å². The zero-order valence-corrected chi connectivity index (χ0v) is 13.3. The second kappa shape index (κ2) is 7.89. The molecule has 0 atom stereocenters. The molecule has 0 radical (unpaired) electrons. The van der Waals surface area contributed by atoms with Gasteiger partial charge in [0.25, 0.3) is 0 Å². The first-order valence-corrected chi connectivity index (χ1v) is 8.13. The van der Waals surface area contributed by atoms with E-state index in [9.17, 15) is 4.79 Å². The quantitative estimate of drug-likeness (QED) is 0.424. The van der Waals surface area contributed by atoms with E-state index in [2.05, 4.69) is 13.0 Å². The van der Waals surface area contributed by atoms with Crippen LogP contribution in [0.1, 0.15) is 29.8 Å². The van der Waals surface area contributed by atoms with Crippen molar-refractivity contribution in [2.45, 2.75) is 25.2 Å². The van der Waals surface area contributed by atoms with E-state index < -0.39 is 0 Å². The molecule has 0 N–H and O–H groups in total. The number of rotatable bonds is 7. The molecule has 0 amide bonds. The third kappa shape index (κ3) is 4.64. The first kappa shape index (κ1) is 15.6. The maximum Gasteiger partial charge on any atom is 0.159 e. The number of hydrogen-bond acceptors (Lipinski definition) is 3. The molecule has 0 saturated heterocycles. The van der Waals surface area contributed by atoms with Crippen molar-refractivity contribution in [3.63, 3.8) is 0 Å². The number of thioether (sulfide) groups is 1. The number of aryl methyl sites for hydroxylation is 1. The molecule has 0 unspecified atom stereocenters. The van der Waals surface area contributed by atoms with Crippen molar-refractivity contribution in [2.75, 3.05) is 12.4 Å². The van der Waals surface area contributed by atoms with Crippen LogP contribution in [0.5, 0.6) is 5.75 Å². The van der Waals surface area contributed by atoms with Gasteiger partial charge < -0.3 is 4.74 Å². The molecule has 0 saturated carbocycles. The third-order valence-electron chi connectivity index (χ3n) is 3.22. The number of ketones is 1. The summed E-state index contributed by atoms with van der Waals surface area (Å²) in [5.41, 5.74) is 2.00. The van der Waals surface area contributed by atoms with Gasteiger partial charge in [0.1, 0.15) is 5.75 Å². The second-order valence-electron chi connectivity index (χ2n) is 4.74. The molecule has 0 aliphatic carbocycles. The van der Waals surface area contributed by atoms with Gasteiger partial charge in [-0.3, -0.25) is 4.79 Å².